The predicted molar refractivity (Wildman–Crippen MR) is 117 cm³/mol. The Bertz CT molecular complexity index is 1100. The molecule has 0 bridgehead atoms. The van der Waals surface area contributed by atoms with Gasteiger partial charge in [-0.2, -0.15) is 0 Å². The number of aromatic amines is 1. The van der Waals surface area contributed by atoms with Crippen molar-refractivity contribution in [1.82, 2.24) is 4.98 Å². The summed E-state index contributed by atoms with van der Waals surface area (Å²) in [6.45, 7) is 7.37. The van der Waals surface area contributed by atoms with Gasteiger partial charge >= 0.3 is 0 Å². The van der Waals surface area contributed by atoms with Crippen LogP contribution in [0.25, 0.3) is 32.9 Å². The first-order valence-electron chi connectivity index (χ1n) is 9.90. The maximum atomic E-state index is 5.76. The van der Waals surface area contributed by atoms with Crippen molar-refractivity contribution in [1.29, 1.82) is 0 Å². The Balaban J connectivity index is 2.01. The first-order valence-corrected chi connectivity index (χ1v) is 9.90. The largest absolute Gasteiger partial charge is 0.354 e. The van der Waals surface area contributed by atoms with Crippen LogP contribution in [0, 0.1) is 20.8 Å². The highest BCUT2D eigenvalue weighted by molar-refractivity contribution is 6.09. The lowest BCUT2D eigenvalue weighted by atomic mass is 9.93. The van der Waals surface area contributed by atoms with Gasteiger partial charge in [0.25, 0.3) is 0 Å². The van der Waals surface area contributed by atoms with Crippen LogP contribution < -0.4 is 5.73 Å². The number of aryl methyl sites for hydroxylation is 4. The van der Waals surface area contributed by atoms with Crippen molar-refractivity contribution in [2.45, 2.75) is 40.0 Å². The Labute approximate surface area is 161 Å². The lowest BCUT2D eigenvalue weighted by Crippen LogP contribution is -2.00. The van der Waals surface area contributed by atoms with Crippen LogP contribution in [-0.4, -0.2) is 11.5 Å². The average molecular weight is 357 g/mol. The van der Waals surface area contributed by atoms with Gasteiger partial charge in [-0.3, -0.25) is 0 Å². The van der Waals surface area contributed by atoms with E-state index >= 15 is 0 Å². The summed E-state index contributed by atoms with van der Waals surface area (Å²) in [6.07, 6.45) is 3.23. The minimum absolute atomic E-state index is 0.753. The quantitative estimate of drug-likeness (QED) is 0.411. The van der Waals surface area contributed by atoms with Gasteiger partial charge in [-0.15, -0.1) is 0 Å². The van der Waals surface area contributed by atoms with Crippen LogP contribution in [0.15, 0.2) is 48.5 Å². The summed E-state index contributed by atoms with van der Waals surface area (Å²) in [4.78, 5) is 3.82. The summed E-state index contributed by atoms with van der Waals surface area (Å²) >= 11 is 0. The fourth-order valence-electron chi connectivity index (χ4n) is 4.49. The van der Waals surface area contributed by atoms with Crippen molar-refractivity contribution in [2.75, 3.05) is 6.54 Å². The van der Waals surface area contributed by atoms with Gasteiger partial charge in [0.05, 0.1) is 11.2 Å². The maximum Gasteiger partial charge on any atom is 0.0541 e. The molecule has 1 heterocycles. The molecule has 2 heteroatoms. The van der Waals surface area contributed by atoms with Crippen molar-refractivity contribution in [3.63, 3.8) is 0 Å². The summed E-state index contributed by atoms with van der Waals surface area (Å²) in [5.74, 6) is 0. The third-order valence-corrected chi connectivity index (χ3v) is 5.61. The Morgan fingerprint density at radius 2 is 1.59 bits per heavy atom. The molecule has 0 aliphatic carbocycles. The van der Waals surface area contributed by atoms with E-state index in [0.717, 1.165) is 25.8 Å². The topological polar surface area (TPSA) is 41.8 Å². The molecule has 4 rings (SSSR count). The summed E-state index contributed by atoms with van der Waals surface area (Å²) in [6, 6.07) is 17.7. The summed E-state index contributed by atoms with van der Waals surface area (Å²) in [5, 5.41) is 3.92. The first kappa shape index (κ1) is 17.8. The van der Waals surface area contributed by atoms with Gasteiger partial charge in [0.1, 0.15) is 0 Å². The Kier molecular flexibility index (Phi) is 4.75. The van der Waals surface area contributed by atoms with Crippen LogP contribution >= 0.6 is 0 Å². The number of H-pyrrole nitrogens is 1. The monoisotopic (exact) mass is 356 g/mol. The van der Waals surface area contributed by atoms with Gasteiger partial charge in [0.2, 0.25) is 0 Å². The molecular weight excluding hydrogens is 328 g/mol. The van der Waals surface area contributed by atoms with Gasteiger partial charge in [-0.1, -0.05) is 54.1 Å². The van der Waals surface area contributed by atoms with Crippen molar-refractivity contribution in [3.8, 4) is 11.3 Å². The van der Waals surface area contributed by atoms with E-state index in [9.17, 15) is 0 Å². The van der Waals surface area contributed by atoms with Crippen LogP contribution in [-0.2, 0) is 6.42 Å². The molecule has 0 atom stereocenters. The molecule has 1 aromatic heterocycles. The number of benzene rings is 3. The Hall–Kier alpha value is -2.58. The molecular formula is C25H28N2. The number of aromatic nitrogens is 1. The Morgan fingerprint density at radius 1 is 0.852 bits per heavy atom. The fraction of sp³-hybridized carbons (Fsp3) is 0.280. The highest BCUT2D eigenvalue weighted by Crippen LogP contribution is 2.38. The van der Waals surface area contributed by atoms with E-state index < -0.39 is 0 Å². The van der Waals surface area contributed by atoms with E-state index in [2.05, 4.69) is 74.3 Å². The van der Waals surface area contributed by atoms with Crippen LogP contribution in [0.5, 0.6) is 0 Å². The van der Waals surface area contributed by atoms with E-state index in [4.69, 9.17) is 5.73 Å². The molecule has 3 N–H and O–H groups in total. The van der Waals surface area contributed by atoms with Crippen LogP contribution in [0.1, 0.15) is 35.1 Å². The number of nitrogens with two attached hydrogens (primary N) is 1. The molecule has 0 aliphatic rings. The third kappa shape index (κ3) is 3.15. The molecule has 0 radical (unpaired) electrons. The lowest BCUT2D eigenvalue weighted by Gasteiger charge is -2.13. The summed E-state index contributed by atoms with van der Waals surface area (Å²) in [5.41, 5.74) is 15.1. The van der Waals surface area contributed by atoms with E-state index in [-0.39, 0.29) is 0 Å². The van der Waals surface area contributed by atoms with E-state index in [1.54, 1.807) is 0 Å². The number of fused-ring (bicyclic) bond motifs is 3. The van der Waals surface area contributed by atoms with Crippen molar-refractivity contribution in [2.24, 2.45) is 5.73 Å². The van der Waals surface area contributed by atoms with Crippen molar-refractivity contribution < 1.29 is 0 Å². The molecule has 4 aromatic rings. The van der Waals surface area contributed by atoms with Gasteiger partial charge in [-0.05, 0) is 68.7 Å². The molecule has 0 saturated carbocycles. The zero-order valence-corrected chi connectivity index (χ0v) is 16.5. The smallest absolute Gasteiger partial charge is 0.0541 e. The van der Waals surface area contributed by atoms with Crippen LogP contribution in [0.4, 0.5) is 0 Å². The molecule has 2 nitrogen and oxygen atoms in total. The minimum Gasteiger partial charge on any atom is -0.354 e. The van der Waals surface area contributed by atoms with Crippen LogP contribution in [0.2, 0.25) is 0 Å². The number of rotatable bonds is 5. The van der Waals surface area contributed by atoms with Gasteiger partial charge < -0.3 is 10.7 Å². The minimum atomic E-state index is 0.753. The molecule has 0 saturated heterocycles. The van der Waals surface area contributed by atoms with Crippen molar-refractivity contribution in [3.05, 3.63) is 70.8 Å². The lowest BCUT2D eigenvalue weighted by molar-refractivity contribution is 0.748. The number of hydrogen-bond acceptors (Lipinski definition) is 1. The number of nitrogens with one attached hydrogen (secondary N) is 1. The maximum absolute atomic E-state index is 5.76. The number of unbranched alkanes of at least 4 members (excludes halogenated alkanes) is 1. The van der Waals surface area contributed by atoms with E-state index in [0.29, 0.717) is 0 Å². The fourth-order valence-corrected chi connectivity index (χ4v) is 4.49. The highest BCUT2D eigenvalue weighted by Gasteiger charge is 2.17. The normalized spacial score (nSPS) is 11.6. The second kappa shape index (κ2) is 7.21. The van der Waals surface area contributed by atoms with Gasteiger partial charge in [-0.25, -0.2) is 0 Å². The predicted octanol–water partition coefficient (Wildman–Crippen LogP) is 6.19. The molecule has 27 heavy (non-hydrogen) atoms. The zero-order chi connectivity index (χ0) is 19.0. The Morgan fingerprint density at radius 3 is 2.33 bits per heavy atom. The first-order chi connectivity index (χ1) is 13.1. The van der Waals surface area contributed by atoms with Crippen molar-refractivity contribution >= 4 is 21.7 Å². The second-order valence-electron chi connectivity index (χ2n) is 7.71. The molecule has 0 amide bonds. The third-order valence-electron chi connectivity index (χ3n) is 5.61. The summed E-state index contributed by atoms with van der Waals surface area (Å²) < 4.78 is 0. The second-order valence-corrected chi connectivity index (χ2v) is 7.71. The van der Waals surface area contributed by atoms with E-state index in [1.165, 1.54) is 55.2 Å². The highest BCUT2D eigenvalue weighted by atomic mass is 14.7. The molecule has 0 spiro atoms. The van der Waals surface area contributed by atoms with Gasteiger partial charge in [0, 0.05) is 16.3 Å². The van der Waals surface area contributed by atoms with Crippen LogP contribution in [0.3, 0.4) is 0 Å². The average Bonchev–Trinajstić information content (AvgIpc) is 3.00. The zero-order valence-electron chi connectivity index (χ0n) is 16.5. The molecule has 3 aromatic carbocycles. The summed E-state index contributed by atoms with van der Waals surface area (Å²) in [7, 11) is 0. The molecule has 138 valence electrons. The molecule has 0 fully saturated rings. The van der Waals surface area contributed by atoms with Gasteiger partial charge in [0.15, 0.2) is 0 Å². The van der Waals surface area contributed by atoms with E-state index in [1.807, 2.05) is 0 Å². The standard InChI is InChI=1S/C25H28N2/c1-16-14-17(2)23(18(3)15-16)25-21(10-6-7-13-26)22-12-11-19-8-4-5-9-20(19)24(22)27-25/h4-5,8-9,11-12,14-15,27H,6-7,10,13,26H2,1-3H3. The molecule has 0 unspecified atom stereocenters. The number of hydrogen-bond donors (Lipinski definition) is 2. The molecule has 0 aliphatic heterocycles. The SMILES string of the molecule is Cc1cc(C)c(-c2[nH]c3c(ccc4ccccc43)c2CCCCN)c(C)c1.